The van der Waals surface area contributed by atoms with Crippen molar-refractivity contribution in [2.45, 2.75) is 55.0 Å². The molecule has 4 N–H and O–H groups in total. The molecule has 2 spiro atoms. The molecule has 10 heteroatoms. The quantitative estimate of drug-likeness (QED) is 0.297. The molecule has 3 atom stereocenters. The lowest BCUT2D eigenvalue weighted by molar-refractivity contribution is -0.124. The molecule has 3 aliphatic rings. The zero-order chi connectivity index (χ0) is 28.2. The summed E-state index contributed by atoms with van der Waals surface area (Å²) >= 11 is 12.6. The van der Waals surface area contributed by atoms with E-state index >= 15 is 4.39 Å². The molecule has 2 fully saturated rings. The van der Waals surface area contributed by atoms with Crippen LogP contribution in [0.2, 0.25) is 10.0 Å². The molecule has 0 radical (unpaired) electrons. The van der Waals surface area contributed by atoms with Gasteiger partial charge in [-0.15, -0.1) is 0 Å². The Labute approximate surface area is 240 Å². The normalized spacial score (nSPS) is 24.6. The van der Waals surface area contributed by atoms with Crippen LogP contribution in [-0.4, -0.2) is 34.5 Å². The number of hydrogen-bond acceptors (Lipinski definition) is 4. The maximum Gasteiger partial charge on any atom is 0.335 e. The van der Waals surface area contributed by atoms with Crippen molar-refractivity contribution in [3.63, 3.8) is 0 Å². The van der Waals surface area contributed by atoms with E-state index in [1.54, 1.807) is 30.3 Å². The molecule has 7 nitrogen and oxygen atoms in total. The van der Waals surface area contributed by atoms with Gasteiger partial charge in [-0.3, -0.25) is 14.9 Å². The molecule has 0 aromatic heterocycles. The van der Waals surface area contributed by atoms with E-state index in [-0.39, 0.29) is 22.1 Å². The lowest BCUT2D eigenvalue weighted by Crippen LogP contribution is -2.60. The molecule has 2 amide bonds. The summed E-state index contributed by atoms with van der Waals surface area (Å²) in [4.78, 5) is 39.6. The second-order valence-corrected chi connectivity index (χ2v) is 11.6. The van der Waals surface area contributed by atoms with Crippen LogP contribution in [0.25, 0.3) is 0 Å². The van der Waals surface area contributed by atoms with Crippen LogP contribution in [0, 0.1) is 5.82 Å². The number of aromatic carboxylic acids is 1. The smallest absolute Gasteiger partial charge is 0.335 e. The first-order chi connectivity index (χ1) is 19.2. The van der Waals surface area contributed by atoms with Gasteiger partial charge in [0.15, 0.2) is 0 Å². The third-order valence-electron chi connectivity index (χ3n) is 8.70. The van der Waals surface area contributed by atoms with Crippen molar-refractivity contribution in [3.05, 3.63) is 93.2 Å². The highest BCUT2D eigenvalue weighted by atomic mass is 35.5. The van der Waals surface area contributed by atoms with Gasteiger partial charge in [-0.2, -0.15) is 0 Å². The van der Waals surface area contributed by atoms with E-state index in [1.165, 1.54) is 30.3 Å². The number of nitrogens with one attached hydrogen (secondary N) is 3. The summed E-state index contributed by atoms with van der Waals surface area (Å²) in [6.07, 6.45) is 3.87. The number of carboxylic acids is 1. The molecular weight excluding hydrogens is 556 g/mol. The van der Waals surface area contributed by atoms with E-state index in [9.17, 15) is 19.5 Å². The second kappa shape index (κ2) is 9.87. The number of hydrogen-bond donors (Lipinski definition) is 4. The Bertz CT molecular complexity index is 1540. The molecule has 1 aliphatic carbocycles. The largest absolute Gasteiger partial charge is 0.478 e. The van der Waals surface area contributed by atoms with Gasteiger partial charge < -0.3 is 15.7 Å². The van der Waals surface area contributed by atoms with Crippen LogP contribution in [0.5, 0.6) is 0 Å². The fourth-order valence-corrected chi connectivity index (χ4v) is 7.49. The molecule has 0 bridgehead atoms. The molecule has 3 aromatic carbocycles. The number of amides is 2. The van der Waals surface area contributed by atoms with Crippen molar-refractivity contribution in [2.24, 2.45) is 0 Å². The second-order valence-electron chi connectivity index (χ2n) is 10.7. The van der Waals surface area contributed by atoms with Crippen LogP contribution in [0.4, 0.5) is 15.8 Å². The Morgan fingerprint density at radius 3 is 2.42 bits per heavy atom. The van der Waals surface area contributed by atoms with Crippen LogP contribution < -0.4 is 16.0 Å². The number of halogens is 3. The Morgan fingerprint density at radius 1 is 1.00 bits per heavy atom. The number of fused-ring (bicyclic) bond motifs is 3. The molecule has 1 saturated heterocycles. The monoisotopic (exact) mass is 581 g/mol. The third kappa shape index (κ3) is 3.92. The molecule has 3 aromatic rings. The van der Waals surface area contributed by atoms with E-state index in [0.29, 0.717) is 34.8 Å². The maximum atomic E-state index is 15.9. The predicted octanol–water partition coefficient (Wildman–Crippen LogP) is 6.12. The van der Waals surface area contributed by atoms with Gasteiger partial charge >= 0.3 is 5.97 Å². The van der Waals surface area contributed by atoms with Crippen LogP contribution in [0.1, 0.15) is 59.5 Å². The van der Waals surface area contributed by atoms with Gasteiger partial charge in [-0.05, 0) is 66.4 Å². The van der Waals surface area contributed by atoms with Crippen molar-refractivity contribution < 1.29 is 23.9 Å². The summed E-state index contributed by atoms with van der Waals surface area (Å²) in [5, 5.41) is 19.0. The number of benzene rings is 3. The van der Waals surface area contributed by atoms with Gasteiger partial charge in [0.25, 0.3) is 0 Å². The summed E-state index contributed by atoms with van der Waals surface area (Å²) in [7, 11) is 0. The standard InChI is InChI=1S/C30H26Cl2FN3O4/c31-17-9-12-20-22(15-17)35-28(40)30(20)23(19-5-4-6-21(32)24(19)33)25(36-29(30)13-2-1-3-14-29)26(37)34-18-10-7-16(8-11-18)27(38)39/h4-12,15,23,25,36H,1-3,13-14H2,(H,34,37)(H,35,40)(H,38,39)/t23-,25+,30-/m1/s1. The molecule has 40 heavy (non-hydrogen) atoms. The average molecular weight is 582 g/mol. The number of carbonyl (C=O) groups excluding carboxylic acids is 2. The topological polar surface area (TPSA) is 108 Å². The molecule has 6 rings (SSSR count). The van der Waals surface area contributed by atoms with Crippen LogP contribution >= 0.6 is 23.2 Å². The van der Waals surface area contributed by atoms with Gasteiger partial charge in [0.2, 0.25) is 11.8 Å². The summed E-state index contributed by atoms with van der Waals surface area (Å²) < 4.78 is 15.9. The van der Waals surface area contributed by atoms with Gasteiger partial charge in [0.1, 0.15) is 11.2 Å². The highest BCUT2D eigenvalue weighted by Crippen LogP contribution is 2.62. The Kier molecular flexibility index (Phi) is 6.60. The number of rotatable bonds is 4. The minimum absolute atomic E-state index is 0.0777. The summed E-state index contributed by atoms with van der Waals surface area (Å²) in [6, 6.07) is 14.6. The average Bonchev–Trinajstić information content (AvgIpc) is 3.38. The summed E-state index contributed by atoms with van der Waals surface area (Å²) in [5.41, 5.74) is -0.333. The van der Waals surface area contributed by atoms with Crippen LogP contribution in [-0.2, 0) is 15.0 Å². The minimum atomic E-state index is -1.33. The first-order valence-corrected chi connectivity index (χ1v) is 13.9. The van der Waals surface area contributed by atoms with Gasteiger partial charge in [0.05, 0.1) is 16.6 Å². The maximum absolute atomic E-state index is 15.9. The fraction of sp³-hybridized carbons (Fsp3) is 0.300. The first kappa shape index (κ1) is 26.7. The zero-order valence-electron chi connectivity index (χ0n) is 21.3. The van der Waals surface area contributed by atoms with Gasteiger partial charge in [0, 0.05) is 27.9 Å². The third-order valence-corrected chi connectivity index (χ3v) is 9.23. The molecule has 2 heterocycles. The number of carboxylic acid groups (broad SMARTS) is 1. The molecule has 206 valence electrons. The lowest BCUT2D eigenvalue weighted by Gasteiger charge is -2.47. The number of carbonyl (C=O) groups is 3. The van der Waals surface area contributed by atoms with E-state index in [1.807, 2.05) is 0 Å². The molecular formula is C30H26Cl2FN3O4. The van der Waals surface area contributed by atoms with Crippen molar-refractivity contribution >= 4 is 52.4 Å². The Balaban J connectivity index is 1.54. The summed E-state index contributed by atoms with van der Waals surface area (Å²) in [6.45, 7) is 0. The molecule has 2 aliphatic heterocycles. The van der Waals surface area contributed by atoms with Gasteiger partial charge in [-0.25, -0.2) is 9.18 Å². The minimum Gasteiger partial charge on any atom is -0.478 e. The SMILES string of the molecule is O=C(O)c1ccc(NC(=O)[C@H]2NC3(CCCCC3)[C@@]3(C(=O)Nc4cc(Cl)ccc43)[C@@H]2c2cccc(Cl)c2F)cc1. The van der Waals surface area contributed by atoms with Crippen LogP contribution in [0.3, 0.4) is 0 Å². The van der Waals surface area contributed by atoms with Crippen molar-refractivity contribution in [1.82, 2.24) is 5.32 Å². The van der Waals surface area contributed by atoms with E-state index in [4.69, 9.17) is 23.2 Å². The van der Waals surface area contributed by atoms with Crippen molar-refractivity contribution in [1.29, 1.82) is 0 Å². The lowest BCUT2D eigenvalue weighted by atomic mass is 9.55. The van der Waals surface area contributed by atoms with Crippen LogP contribution in [0.15, 0.2) is 60.7 Å². The fourth-order valence-electron chi connectivity index (χ4n) is 7.13. The summed E-state index contributed by atoms with van der Waals surface area (Å²) in [5.74, 6) is -3.50. The Morgan fingerprint density at radius 2 is 1.73 bits per heavy atom. The van der Waals surface area contributed by atoms with Crippen molar-refractivity contribution in [2.75, 3.05) is 10.6 Å². The molecule has 1 saturated carbocycles. The van der Waals surface area contributed by atoms with E-state index in [0.717, 1.165) is 19.3 Å². The first-order valence-electron chi connectivity index (χ1n) is 13.2. The number of anilines is 2. The van der Waals surface area contributed by atoms with Gasteiger partial charge in [-0.1, -0.05) is 60.7 Å². The highest BCUT2D eigenvalue weighted by Gasteiger charge is 2.72. The van der Waals surface area contributed by atoms with Crippen molar-refractivity contribution in [3.8, 4) is 0 Å². The Hall–Kier alpha value is -3.46. The van der Waals surface area contributed by atoms with E-state index < -0.39 is 40.6 Å². The zero-order valence-corrected chi connectivity index (χ0v) is 22.8. The molecule has 0 unspecified atom stereocenters. The highest BCUT2D eigenvalue weighted by molar-refractivity contribution is 6.31. The van der Waals surface area contributed by atoms with E-state index in [2.05, 4.69) is 16.0 Å². The predicted molar refractivity (Wildman–Crippen MR) is 151 cm³/mol.